The van der Waals surface area contributed by atoms with Crippen LogP contribution in [-0.2, 0) is 23.7 Å². The Morgan fingerprint density at radius 2 is 0.300 bits per heavy atom. The summed E-state index contributed by atoms with van der Waals surface area (Å²) in [5.41, 5.74) is -39.7. The van der Waals surface area contributed by atoms with Gasteiger partial charge < -0.3 is 79.9 Å². The largest absolute Gasteiger partial charge is 0.478 e. The highest BCUT2D eigenvalue weighted by Gasteiger charge is 2.48. The lowest BCUT2D eigenvalue weighted by molar-refractivity contribution is 0.0339. The van der Waals surface area contributed by atoms with Crippen LogP contribution in [-0.4, -0.2) is 183 Å². The van der Waals surface area contributed by atoms with Gasteiger partial charge in [-0.3, -0.25) is 0 Å². The van der Waals surface area contributed by atoms with Gasteiger partial charge in [0.1, 0.15) is 0 Å². The SMILES string of the molecule is CCCCCCCCCCOC(=O)c1c(C(=O)O)c(C(=O)OC(=O)c2c(C(=O)O)c(C(=O)O)c(C(=O)O)c(C(=O)O)c2C(=O)O)c(C(=O)OC(=O)c2c(C(=O)O)c(C(=O)O)c(C(=O)O)c(C(=O)O)c2C(=O)O)c(C(=O)OCCCCCCCCCC)c1C(=O)OCCCCCCCCCC. The van der Waals surface area contributed by atoms with Crippen LogP contribution < -0.4 is 0 Å². The Kier molecular flexibility index (Phi) is 32.8. The Labute approximate surface area is 566 Å². The molecule has 0 aromatic heterocycles. The van der Waals surface area contributed by atoms with Crippen LogP contribution in [0.15, 0.2) is 0 Å². The van der Waals surface area contributed by atoms with Crippen LogP contribution in [0.2, 0.25) is 0 Å². The maximum atomic E-state index is 15.4. The molecule has 0 atom stereocenters. The van der Waals surface area contributed by atoms with Gasteiger partial charge in [-0.15, -0.1) is 0 Å². The first-order valence-electron chi connectivity index (χ1n) is 31.6. The fraction of sp³-hybridized carbons (Fsp3) is 0.455. The molecule has 0 bridgehead atoms. The maximum Gasteiger partial charge on any atom is 0.347 e. The van der Waals surface area contributed by atoms with Crippen molar-refractivity contribution < 1.29 is 166 Å². The van der Waals surface area contributed by atoms with Gasteiger partial charge in [0, 0.05) is 0 Å². The van der Waals surface area contributed by atoms with Crippen molar-refractivity contribution in [1.29, 1.82) is 0 Å². The summed E-state index contributed by atoms with van der Waals surface area (Å²) in [4.78, 5) is 247. The first-order chi connectivity index (χ1) is 47.2. The molecule has 0 radical (unpaired) electrons. The molecule has 0 fully saturated rings. The number of unbranched alkanes of at least 4 members (excludes halogenated alkanes) is 21. The Morgan fingerprint density at radius 1 is 0.180 bits per heavy atom. The van der Waals surface area contributed by atoms with E-state index >= 15 is 19.2 Å². The van der Waals surface area contributed by atoms with Crippen LogP contribution in [0.5, 0.6) is 0 Å². The number of ether oxygens (including phenoxy) is 5. The van der Waals surface area contributed by atoms with Crippen molar-refractivity contribution in [2.24, 2.45) is 0 Å². The summed E-state index contributed by atoms with van der Waals surface area (Å²) in [5.74, 6) is -48.5. The summed E-state index contributed by atoms with van der Waals surface area (Å²) < 4.78 is 25.8. The van der Waals surface area contributed by atoms with Crippen LogP contribution in [0.4, 0.5) is 0 Å². The van der Waals surface area contributed by atoms with E-state index in [1.165, 1.54) is 0 Å². The van der Waals surface area contributed by atoms with Gasteiger partial charge in [0.05, 0.1) is 120 Å². The van der Waals surface area contributed by atoms with Crippen LogP contribution in [0.25, 0.3) is 0 Å². The molecule has 11 N–H and O–H groups in total. The van der Waals surface area contributed by atoms with E-state index in [1.54, 1.807) is 0 Å². The average molecular weight is 1410 g/mol. The fourth-order valence-electron chi connectivity index (χ4n) is 10.8. The van der Waals surface area contributed by atoms with Crippen LogP contribution in [0.1, 0.15) is 361 Å². The van der Waals surface area contributed by atoms with Crippen molar-refractivity contribution in [3.63, 3.8) is 0 Å². The number of hydrogen-bond acceptors (Lipinski definition) is 23. The molecule has 34 nitrogen and oxygen atoms in total. The van der Waals surface area contributed by atoms with E-state index in [4.69, 9.17) is 23.7 Å². The normalized spacial score (nSPS) is 10.8. The van der Waals surface area contributed by atoms with E-state index in [1.807, 2.05) is 20.8 Å². The zero-order valence-corrected chi connectivity index (χ0v) is 54.4. The number of carboxylic acid groups (broad SMARTS) is 11. The Balaban J connectivity index is 2.86. The summed E-state index contributed by atoms with van der Waals surface area (Å²) in [6.45, 7) is 3.63. The second-order valence-corrected chi connectivity index (χ2v) is 22.3. The standard InChI is InChI=1S/C66H74O34/c1-4-7-10-13-16-19-22-25-28-96-60(89)44-41(59(87)88)45(65(94)99-63(92)42-37(55(79)80)33(51(71)72)31(49(67)68)34(52(73)74)38(42)56(81)82)48(66(95)100-64(93)43-39(57(83)84)35(53(75)76)32(50(69)70)36(54(77)78)40(43)58(85)86)47(62(91)98-30-27-24-21-18-15-12-9-6-3)46(44)61(90)97-29-26-23-20-17-14-11-8-5-2/h4-30H2,1-3H3,(H,67,68)(H,69,70)(H,71,72)(H,73,74)(H,75,76)(H,77,78)(H,79,80)(H,81,82)(H,83,84)(H,85,86)(H,87,88). The zero-order chi connectivity index (χ0) is 75.4. The van der Waals surface area contributed by atoms with Gasteiger partial charge in [-0.05, 0) is 19.3 Å². The second kappa shape index (κ2) is 39.7. The summed E-state index contributed by atoms with van der Waals surface area (Å²) in [7, 11) is 0. The highest BCUT2D eigenvalue weighted by molar-refractivity contribution is 6.29. The lowest BCUT2D eigenvalue weighted by atomic mass is 9.85. The number of carboxylic acids is 11. The smallest absolute Gasteiger partial charge is 0.347 e. The maximum absolute atomic E-state index is 15.4. The van der Waals surface area contributed by atoms with Gasteiger partial charge in [0.25, 0.3) is 0 Å². The molecule has 0 aliphatic rings. The van der Waals surface area contributed by atoms with Crippen LogP contribution >= 0.6 is 0 Å². The molecule has 0 spiro atoms. The third kappa shape index (κ3) is 21.0. The topological polar surface area (TPSA) is 576 Å². The number of carbonyl (C=O) groups excluding carboxylic acids is 7. The third-order valence-corrected chi connectivity index (χ3v) is 15.3. The summed E-state index contributed by atoms with van der Waals surface area (Å²) in [6.07, 6.45) is 14.1. The van der Waals surface area contributed by atoms with E-state index in [9.17, 15) is 123 Å². The molecule has 3 rings (SSSR count). The van der Waals surface area contributed by atoms with Crippen molar-refractivity contribution in [3.8, 4) is 0 Å². The van der Waals surface area contributed by atoms with Gasteiger partial charge >= 0.3 is 107 Å². The minimum absolute atomic E-state index is 0.0654. The van der Waals surface area contributed by atoms with Crippen molar-refractivity contribution in [3.05, 3.63) is 100 Å². The van der Waals surface area contributed by atoms with E-state index in [0.717, 1.165) is 77.0 Å². The van der Waals surface area contributed by atoms with E-state index in [-0.39, 0.29) is 38.5 Å². The van der Waals surface area contributed by atoms with Crippen LogP contribution in [0.3, 0.4) is 0 Å². The number of hydrogen-bond donors (Lipinski definition) is 11. The van der Waals surface area contributed by atoms with Gasteiger partial charge in [-0.2, -0.15) is 0 Å². The number of carbonyl (C=O) groups is 18. The molecular weight excluding hydrogens is 1340 g/mol. The molecule has 542 valence electrons. The molecule has 3 aromatic carbocycles. The molecule has 0 aliphatic carbocycles. The molecule has 0 saturated carbocycles. The second-order valence-electron chi connectivity index (χ2n) is 22.3. The van der Waals surface area contributed by atoms with Gasteiger partial charge in [0.2, 0.25) is 0 Å². The molecule has 3 aromatic rings. The van der Waals surface area contributed by atoms with E-state index in [2.05, 4.69) is 0 Å². The summed E-state index contributed by atoms with van der Waals surface area (Å²) in [6, 6.07) is 0. The predicted molar refractivity (Wildman–Crippen MR) is 334 cm³/mol. The minimum atomic E-state index is -2.98. The van der Waals surface area contributed by atoms with E-state index < -0.39 is 227 Å². The summed E-state index contributed by atoms with van der Waals surface area (Å²) in [5, 5.41) is 114. The molecular formula is C66H74O34. The highest BCUT2D eigenvalue weighted by Crippen LogP contribution is 2.37. The zero-order valence-electron chi connectivity index (χ0n) is 54.4. The first kappa shape index (κ1) is 82.7. The molecule has 0 aliphatic heterocycles. The minimum Gasteiger partial charge on any atom is -0.478 e. The monoisotopic (exact) mass is 1410 g/mol. The molecule has 34 heteroatoms. The van der Waals surface area contributed by atoms with E-state index in [0.29, 0.717) is 38.5 Å². The van der Waals surface area contributed by atoms with Gasteiger partial charge in [0.15, 0.2) is 0 Å². The Morgan fingerprint density at radius 3 is 0.480 bits per heavy atom. The van der Waals surface area contributed by atoms with Crippen molar-refractivity contribution in [2.45, 2.75) is 175 Å². The third-order valence-electron chi connectivity index (χ3n) is 15.3. The molecule has 0 heterocycles. The number of esters is 7. The number of rotatable bonds is 45. The number of aromatic carboxylic acids is 11. The molecule has 0 saturated heterocycles. The van der Waals surface area contributed by atoms with Crippen molar-refractivity contribution >= 4 is 107 Å². The fourth-order valence-corrected chi connectivity index (χ4v) is 10.8. The molecule has 0 amide bonds. The Bertz CT molecular complexity index is 3660. The lowest BCUT2D eigenvalue weighted by Crippen LogP contribution is -2.33. The van der Waals surface area contributed by atoms with Gasteiger partial charge in [-0.1, -0.05) is 156 Å². The van der Waals surface area contributed by atoms with Gasteiger partial charge in [-0.25, -0.2) is 86.3 Å². The molecule has 100 heavy (non-hydrogen) atoms. The average Bonchev–Trinajstić information content (AvgIpc) is 0.743. The lowest BCUT2D eigenvalue weighted by Gasteiger charge is -2.22. The quantitative estimate of drug-likeness (QED) is 0.0108. The first-order valence-corrected chi connectivity index (χ1v) is 31.6. The van der Waals surface area contributed by atoms with Crippen LogP contribution in [0, 0.1) is 0 Å². The predicted octanol–water partition coefficient (Wildman–Crippen LogP) is 10.3. The molecule has 0 unspecified atom stereocenters. The Hall–Kier alpha value is -11.5. The highest BCUT2D eigenvalue weighted by atomic mass is 16.6. The van der Waals surface area contributed by atoms with Crippen molar-refractivity contribution in [1.82, 2.24) is 0 Å². The summed E-state index contributed by atoms with van der Waals surface area (Å²) >= 11 is 0. The van der Waals surface area contributed by atoms with Crippen molar-refractivity contribution in [2.75, 3.05) is 19.8 Å². The number of benzene rings is 3.